The first kappa shape index (κ1) is 12.3. The number of carbonyl (C=O) groups is 1. The van der Waals surface area contributed by atoms with E-state index in [1.807, 2.05) is 13.8 Å². The van der Waals surface area contributed by atoms with Gasteiger partial charge in [0.25, 0.3) is 11.6 Å². The van der Waals surface area contributed by atoms with Crippen LogP contribution in [0.15, 0.2) is 12.3 Å². The van der Waals surface area contributed by atoms with Gasteiger partial charge in [0.15, 0.2) is 0 Å². The lowest BCUT2D eigenvalue weighted by Crippen LogP contribution is -2.29. The minimum atomic E-state index is -0.607. The molecule has 1 amide bonds. The molecule has 0 spiro atoms. The van der Waals surface area contributed by atoms with Crippen LogP contribution in [0.1, 0.15) is 30.6 Å². The summed E-state index contributed by atoms with van der Waals surface area (Å²) in [4.78, 5) is 25.6. The zero-order valence-corrected chi connectivity index (χ0v) is 10.1. The Balaban J connectivity index is 2.19. The molecule has 1 aromatic rings. The van der Waals surface area contributed by atoms with E-state index >= 15 is 0 Å². The third-order valence-corrected chi connectivity index (χ3v) is 3.18. The molecule has 1 aromatic heterocycles. The van der Waals surface area contributed by atoms with Gasteiger partial charge in [0.2, 0.25) is 0 Å². The van der Waals surface area contributed by atoms with Crippen molar-refractivity contribution < 1.29 is 9.72 Å². The number of amides is 1. The van der Waals surface area contributed by atoms with E-state index in [0.29, 0.717) is 0 Å². The van der Waals surface area contributed by atoms with Crippen LogP contribution < -0.4 is 11.1 Å². The lowest BCUT2D eigenvalue weighted by atomic mass is 10.2. The van der Waals surface area contributed by atoms with E-state index in [4.69, 9.17) is 5.73 Å². The normalized spacial score (nSPS) is 20.2. The summed E-state index contributed by atoms with van der Waals surface area (Å²) in [6.07, 6.45) is 1.92. The first-order chi connectivity index (χ1) is 8.31. The van der Waals surface area contributed by atoms with E-state index in [1.54, 1.807) is 0 Å². The number of hydrogen-bond donors (Lipinski definition) is 2. The minimum Gasteiger partial charge on any atom is -0.383 e. The van der Waals surface area contributed by atoms with Gasteiger partial charge in [-0.15, -0.1) is 0 Å². The molecule has 7 nitrogen and oxygen atoms in total. The van der Waals surface area contributed by atoms with Crippen molar-refractivity contribution in [3.05, 3.63) is 27.9 Å². The molecule has 96 valence electrons. The summed E-state index contributed by atoms with van der Waals surface area (Å²) in [5.41, 5.74) is 5.44. The highest BCUT2D eigenvalue weighted by Crippen LogP contribution is 2.44. The lowest BCUT2D eigenvalue weighted by molar-refractivity contribution is -0.385. The quantitative estimate of drug-likeness (QED) is 0.616. The molecule has 2 rings (SSSR count). The average molecular weight is 250 g/mol. The van der Waals surface area contributed by atoms with Crippen LogP contribution in [0.4, 0.5) is 11.5 Å². The number of aromatic nitrogens is 1. The molecular weight excluding hydrogens is 236 g/mol. The number of anilines is 1. The van der Waals surface area contributed by atoms with Gasteiger partial charge in [0.1, 0.15) is 12.0 Å². The van der Waals surface area contributed by atoms with Crippen molar-refractivity contribution in [1.82, 2.24) is 10.3 Å². The minimum absolute atomic E-state index is 0.00319. The maximum absolute atomic E-state index is 11.9. The molecular formula is C11H14N4O3. The number of nitrogens with two attached hydrogens (primary N) is 1. The smallest absolute Gasteiger partial charge is 0.288 e. The summed E-state index contributed by atoms with van der Waals surface area (Å²) in [5.74, 6) is -0.421. The molecule has 1 unspecified atom stereocenters. The van der Waals surface area contributed by atoms with Crippen LogP contribution in [0.25, 0.3) is 0 Å². The van der Waals surface area contributed by atoms with Crippen molar-refractivity contribution in [3.8, 4) is 0 Å². The number of carbonyl (C=O) groups excluding carboxylic acids is 1. The molecule has 0 saturated heterocycles. The van der Waals surface area contributed by atoms with Crippen LogP contribution in [-0.4, -0.2) is 21.9 Å². The van der Waals surface area contributed by atoms with E-state index in [0.717, 1.165) is 18.7 Å². The van der Waals surface area contributed by atoms with E-state index in [2.05, 4.69) is 10.3 Å². The van der Waals surface area contributed by atoms with Crippen LogP contribution in [-0.2, 0) is 0 Å². The van der Waals surface area contributed by atoms with Crippen molar-refractivity contribution in [3.63, 3.8) is 0 Å². The highest BCUT2D eigenvalue weighted by Gasteiger charge is 2.46. The summed E-state index contributed by atoms with van der Waals surface area (Å²) in [6.45, 7) is 4.07. The Bertz CT molecular complexity index is 527. The van der Waals surface area contributed by atoms with E-state index in [9.17, 15) is 14.9 Å². The van der Waals surface area contributed by atoms with E-state index in [-0.39, 0.29) is 28.5 Å². The zero-order valence-electron chi connectivity index (χ0n) is 10.1. The fourth-order valence-electron chi connectivity index (χ4n) is 1.70. The zero-order chi connectivity index (χ0) is 13.5. The Morgan fingerprint density at radius 1 is 1.67 bits per heavy atom. The molecule has 1 aliphatic carbocycles. The first-order valence-electron chi connectivity index (χ1n) is 5.52. The van der Waals surface area contributed by atoms with Gasteiger partial charge in [0, 0.05) is 12.1 Å². The van der Waals surface area contributed by atoms with Crippen LogP contribution in [0.3, 0.4) is 0 Å². The van der Waals surface area contributed by atoms with Crippen LogP contribution in [0.2, 0.25) is 0 Å². The largest absolute Gasteiger partial charge is 0.383 e. The fraction of sp³-hybridized carbons (Fsp3) is 0.455. The predicted octanol–water partition coefficient (Wildman–Crippen LogP) is 1.10. The molecule has 18 heavy (non-hydrogen) atoms. The van der Waals surface area contributed by atoms with E-state index in [1.165, 1.54) is 0 Å². The van der Waals surface area contributed by atoms with Gasteiger partial charge in [-0.3, -0.25) is 14.9 Å². The number of pyridine rings is 1. The van der Waals surface area contributed by atoms with Crippen LogP contribution in [0, 0.1) is 15.5 Å². The van der Waals surface area contributed by atoms with Crippen LogP contribution >= 0.6 is 0 Å². The molecule has 0 radical (unpaired) electrons. The summed E-state index contributed by atoms with van der Waals surface area (Å²) in [5, 5.41) is 13.4. The van der Waals surface area contributed by atoms with Gasteiger partial charge in [-0.25, -0.2) is 4.98 Å². The van der Waals surface area contributed by atoms with Crippen molar-refractivity contribution in [1.29, 1.82) is 0 Å². The first-order valence-corrected chi connectivity index (χ1v) is 5.52. The number of rotatable bonds is 3. The second-order valence-corrected chi connectivity index (χ2v) is 5.10. The van der Waals surface area contributed by atoms with Gasteiger partial charge in [0.05, 0.1) is 10.5 Å². The molecule has 1 fully saturated rings. The number of hydrogen-bond acceptors (Lipinski definition) is 5. The van der Waals surface area contributed by atoms with Crippen molar-refractivity contribution in [2.24, 2.45) is 5.41 Å². The number of nitrogen functional groups attached to an aromatic ring is 1. The van der Waals surface area contributed by atoms with E-state index < -0.39 is 10.8 Å². The second-order valence-electron chi connectivity index (χ2n) is 5.10. The maximum atomic E-state index is 11.9. The highest BCUT2D eigenvalue weighted by atomic mass is 16.6. The van der Waals surface area contributed by atoms with Gasteiger partial charge >= 0.3 is 0 Å². The lowest BCUT2D eigenvalue weighted by Gasteiger charge is -2.08. The molecule has 1 atom stereocenters. The third-order valence-electron chi connectivity index (χ3n) is 3.18. The monoisotopic (exact) mass is 250 g/mol. The second kappa shape index (κ2) is 3.94. The fourth-order valence-corrected chi connectivity index (χ4v) is 1.70. The number of nitrogens with one attached hydrogen (secondary N) is 1. The Hall–Kier alpha value is -2.18. The maximum Gasteiger partial charge on any atom is 0.288 e. The Kier molecular flexibility index (Phi) is 2.68. The van der Waals surface area contributed by atoms with Gasteiger partial charge in [-0.1, -0.05) is 13.8 Å². The highest BCUT2D eigenvalue weighted by molar-refractivity contribution is 5.99. The molecule has 1 aliphatic rings. The number of nitro groups is 1. The molecule has 0 aliphatic heterocycles. The molecule has 7 heteroatoms. The van der Waals surface area contributed by atoms with Crippen molar-refractivity contribution in [2.45, 2.75) is 26.3 Å². The molecule has 1 heterocycles. The SMILES string of the molecule is CC1(C)CC1NC(=O)c1cc([N+](=O)[O-])cnc1N. The van der Waals surface area contributed by atoms with Crippen LogP contribution in [0.5, 0.6) is 0 Å². The van der Waals surface area contributed by atoms with Gasteiger partial charge in [-0.05, 0) is 11.8 Å². The summed E-state index contributed by atoms with van der Waals surface area (Å²) >= 11 is 0. The third kappa shape index (κ3) is 2.24. The van der Waals surface area contributed by atoms with Crippen molar-refractivity contribution >= 4 is 17.4 Å². The summed E-state index contributed by atoms with van der Waals surface area (Å²) in [7, 11) is 0. The van der Waals surface area contributed by atoms with Gasteiger partial charge < -0.3 is 11.1 Å². The number of nitrogens with zero attached hydrogens (tertiary/aromatic N) is 2. The van der Waals surface area contributed by atoms with Gasteiger partial charge in [-0.2, -0.15) is 0 Å². The average Bonchev–Trinajstić information content (AvgIpc) is 2.85. The predicted molar refractivity (Wildman–Crippen MR) is 65.0 cm³/mol. The summed E-state index contributed by atoms with van der Waals surface area (Å²) in [6, 6.07) is 1.23. The standard InChI is InChI=1S/C11H14N4O3/c1-11(2)4-8(11)14-10(16)7-3-6(15(17)18)5-13-9(7)12/h3,5,8H,4H2,1-2H3,(H2,12,13)(H,14,16). The Labute approximate surface area is 104 Å². The molecule has 0 bridgehead atoms. The Morgan fingerprint density at radius 3 is 2.78 bits per heavy atom. The molecule has 1 saturated carbocycles. The van der Waals surface area contributed by atoms with Crippen molar-refractivity contribution in [2.75, 3.05) is 5.73 Å². The summed E-state index contributed by atoms with van der Waals surface area (Å²) < 4.78 is 0. The topological polar surface area (TPSA) is 111 Å². The molecule has 0 aromatic carbocycles. The molecule has 3 N–H and O–H groups in total. The Morgan fingerprint density at radius 2 is 2.28 bits per heavy atom.